The van der Waals surface area contributed by atoms with Gasteiger partial charge >= 0.3 is 27.2 Å². The van der Waals surface area contributed by atoms with Crippen molar-refractivity contribution in [3.63, 3.8) is 0 Å². The number of allylic oxidation sites excluding steroid dienone is 1. The third kappa shape index (κ3) is 5.50. The van der Waals surface area contributed by atoms with Gasteiger partial charge in [-0.25, -0.2) is 4.79 Å². The summed E-state index contributed by atoms with van der Waals surface area (Å²) in [6.45, 7) is 12.5. The maximum Gasteiger partial charge on any atom is 2.00 e. The van der Waals surface area contributed by atoms with Crippen molar-refractivity contribution in [2.45, 2.75) is 111 Å². The van der Waals surface area contributed by atoms with Crippen LogP contribution in [0.4, 0.5) is 4.79 Å². The second-order valence-electron chi connectivity index (χ2n) is 12.7. The molecule has 0 aliphatic heterocycles. The summed E-state index contributed by atoms with van der Waals surface area (Å²) in [5.41, 5.74) is 2.44. The average Bonchev–Trinajstić information content (AvgIpc) is 3.11. The summed E-state index contributed by atoms with van der Waals surface area (Å²) in [5, 5.41) is 2.37. The molecule has 0 aromatic heterocycles. The number of ether oxygens (including phenoxy) is 1. The van der Waals surface area contributed by atoms with E-state index in [1.807, 2.05) is 0 Å². The Morgan fingerprint density at radius 3 is 2.53 bits per heavy atom. The van der Waals surface area contributed by atoms with Gasteiger partial charge in [-0.15, -0.1) is 0 Å². The SMILES string of the molecule is [CH2-]NC(=O)O[C@H]1CC[C@@]2(C)C(=CCC3C4CCC(C(C)CCCC(C)C)[C@@]4(C)CCC32)C1.[CH3-].[W+2]. The van der Waals surface area contributed by atoms with Crippen LogP contribution in [0.15, 0.2) is 11.6 Å². The molecule has 0 heterocycles. The van der Waals surface area contributed by atoms with Crippen molar-refractivity contribution in [2.75, 3.05) is 0 Å². The number of carbonyl (C=O) groups is 1. The molecule has 0 bridgehead atoms. The van der Waals surface area contributed by atoms with Crippen LogP contribution in [0.3, 0.4) is 0 Å². The summed E-state index contributed by atoms with van der Waals surface area (Å²) >= 11 is 0. The van der Waals surface area contributed by atoms with E-state index in [0.29, 0.717) is 10.8 Å². The molecule has 4 heteroatoms. The van der Waals surface area contributed by atoms with Crippen molar-refractivity contribution in [3.8, 4) is 0 Å². The third-order valence-electron chi connectivity index (χ3n) is 10.7. The molecule has 194 valence electrons. The van der Waals surface area contributed by atoms with E-state index in [0.717, 1.165) is 54.8 Å². The summed E-state index contributed by atoms with van der Waals surface area (Å²) < 4.78 is 5.59. The molecule has 3 saturated carbocycles. The predicted octanol–water partition coefficient (Wildman–Crippen LogP) is 8.36. The fourth-order valence-corrected chi connectivity index (χ4v) is 8.95. The van der Waals surface area contributed by atoms with E-state index in [-0.39, 0.29) is 40.7 Å². The Hall–Kier alpha value is -0.302. The Kier molecular flexibility index (Phi) is 10.4. The van der Waals surface area contributed by atoms with Crippen molar-refractivity contribution >= 4 is 6.09 Å². The monoisotopic (exact) mass is 641 g/mol. The average molecular weight is 642 g/mol. The number of rotatable bonds is 6. The van der Waals surface area contributed by atoms with Crippen LogP contribution in [-0.4, -0.2) is 12.2 Å². The normalized spacial score (nSPS) is 39.4. The first-order chi connectivity index (χ1) is 15.2. The number of nitrogens with one attached hydrogen (secondary N) is 1. The van der Waals surface area contributed by atoms with Crippen molar-refractivity contribution < 1.29 is 30.6 Å². The second-order valence-corrected chi connectivity index (χ2v) is 12.7. The molecule has 0 aromatic rings. The smallest absolute Gasteiger partial charge is 0.473 e. The molecule has 0 saturated heterocycles. The Bertz CT molecular complexity index is 721. The van der Waals surface area contributed by atoms with E-state index < -0.39 is 0 Å². The predicted molar refractivity (Wildman–Crippen MR) is 138 cm³/mol. The van der Waals surface area contributed by atoms with Crippen molar-refractivity contribution in [2.24, 2.45) is 46.3 Å². The zero-order valence-electron chi connectivity index (χ0n) is 22.8. The molecule has 0 spiro atoms. The second kappa shape index (κ2) is 11.8. The van der Waals surface area contributed by atoms with E-state index >= 15 is 0 Å². The minimum Gasteiger partial charge on any atom is -0.473 e. The molecule has 34 heavy (non-hydrogen) atoms. The quantitative estimate of drug-likeness (QED) is 0.234. The first-order valence-electron chi connectivity index (χ1n) is 13.6. The minimum absolute atomic E-state index is 0. The molecule has 5 unspecified atom stereocenters. The summed E-state index contributed by atoms with van der Waals surface area (Å²) in [4.78, 5) is 11.7. The van der Waals surface area contributed by atoms with E-state index in [1.165, 1.54) is 51.4 Å². The Balaban J connectivity index is 0.00000204. The summed E-state index contributed by atoms with van der Waals surface area (Å²) in [7, 11) is 3.44. The van der Waals surface area contributed by atoms with E-state index in [1.54, 1.807) is 5.57 Å². The number of amides is 1. The summed E-state index contributed by atoms with van der Waals surface area (Å²) in [6, 6.07) is 0. The molecule has 1 N–H and O–H groups in total. The number of fused-ring (bicyclic) bond motifs is 5. The largest absolute Gasteiger partial charge is 2.00 e. The first kappa shape index (κ1) is 29.9. The number of carbonyl (C=O) groups excluding carboxylic acids is 1. The zero-order valence-corrected chi connectivity index (χ0v) is 25.8. The van der Waals surface area contributed by atoms with Crippen LogP contribution in [0.5, 0.6) is 0 Å². The first-order valence-corrected chi connectivity index (χ1v) is 13.6. The molecule has 8 atom stereocenters. The Morgan fingerprint density at radius 2 is 1.85 bits per heavy atom. The van der Waals surface area contributed by atoms with Crippen LogP contribution in [0.1, 0.15) is 105 Å². The van der Waals surface area contributed by atoms with Crippen LogP contribution in [0.2, 0.25) is 0 Å². The van der Waals surface area contributed by atoms with Gasteiger partial charge < -0.3 is 17.5 Å². The molecule has 1 amide bonds. The van der Waals surface area contributed by atoms with Crippen LogP contribution in [0, 0.1) is 60.8 Å². The third-order valence-corrected chi connectivity index (χ3v) is 10.7. The summed E-state index contributed by atoms with van der Waals surface area (Å²) in [6.07, 6.45) is 16.4. The number of hydrogen-bond donors (Lipinski definition) is 1. The number of hydrogen-bond acceptors (Lipinski definition) is 2. The Morgan fingerprint density at radius 1 is 1.12 bits per heavy atom. The topological polar surface area (TPSA) is 38.3 Å². The van der Waals surface area contributed by atoms with Gasteiger partial charge in [0.25, 0.3) is 0 Å². The van der Waals surface area contributed by atoms with Crippen LogP contribution >= 0.6 is 0 Å². The van der Waals surface area contributed by atoms with Gasteiger partial charge in [0, 0.05) is 6.42 Å². The van der Waals surface area contributed by atoms with E-state index in [4.69, 9.17) is 4.74 Å². The molecule has 3 nitrogen and oxygen atoms in total. The molecule has 3 fully saturated rings. The molecule has 0 aromatic carbocycles. The molecular formula is C30H51NO2W. The van der Waals surface area contributed by atoms with Gasteiger partial charge in [-0.2, -0.15) is 0 Å². The fourth-order valence-electron chi connectivity index (χ4n) is 8.95. The zero-order chi connectivity index (χ0) is 23.1. The van der Waals surface area contributed by atoms with Gasteiger partial charge in [0.05, 0.1) is 0 Å². The van der Waals surface area contributed by atoms with Crippen LogP contribution in [0.25, 0.3) is 0 Å². The number of alkyl carbamates (subject to hydrolysis) is 1. The standard InChI is InChI=1S/C29H48NO2.CH3.W/c1-19(2)8-7-9-20(3)24-12-13-25-23-11-10-21-18-22(32-27(31)30-6)14-16-28(21,4)26(23)15-17-29(24,25)5;;/h10,19-20,22-26H,6-9,11-18H2,1-5H3,(H,30,31);1H3;/q2*-1;+2/t20?,22-,23?,24?,25?,26?,28-,29+;;/m0../s1. The van der Waals surface area contributed by atoms with Gasteiger partial charge in [-0.3, -0.25) is 7.05 Å². The molecule has 4 rings (SSSR count). The van der Waals surface area contributed by atoms with Crippen molar-refractivity contribution in [1.82, 2.24) is 5.32 Å². The van der Waals surface area contributed by atoms with Gasteiger partial charge in [0.15, 0.2) is 0 Å². The van der Waals surface area contributed by atoms with Gasteiger partial charge in [0.1, 0.15) is 6.10 Å². The maximum atomic E-state index is 11.7. The van der Waals surface area contributed by atoms with Gasteiger partial charge in [-0.1, -0.05) is 65.5 Å². The molecular weight excluding hydrogens is 590 g/mol. The Labute approximate surface area is 225 Å². The van der Waals surface area contributed by atoms with Crippen molar-refractivity contribution in [1.29, 1.82) is 0 Å². The van der Waals surface area contributed by atoms with Gasteiger partial charge in [-0.05, 0) is 91.3 Å². The van der Waals surface area contributed by atoms with Crippen LogP contribution in [-0.2, 0) is 25.8 Å². The van der Waals surface area contributed by atoms with Crippen LogP contribution < -0.4 is 5.32 Å². The fraction of sp³-hybridized carbons (Fsp3) is 0.833. The van der Waals surface area contributed by atoms with Gasteiger partial charge in [0.2, 0.25) is 0 Å². The van der Waals surface area contributed by atoms with Crippen molar-refractivity contribution in [3.05, 3.63) is 26.1 Å². The van der Waals surface area contributed by atoms with E-state index in [9.17, 15) is 4.79 Å². The molecule has 4 aliphatic rings. The molecule has 0 radical (unpaired) electrons. The maximum absolute atomic E-state index is 11.7. The summed E-state index contributed by atoms with van der Waals surface area (Å²) in [5.74, 6) is 5.21. The minimum atomic E-state index is -0.388. The van der Waals surface area contributed by atoms with E-state index in [2.05, 4.69) is 53.1 Å². The molecule has 4 aliphatic carbocycles.